The van der Waals surface area contributed by atoms with E-state index in [9.17, 15) is 8.42 Å². The largest absolute Gasteiger partial charge is 0.370 e. The van der Waals surface area contributed by atoms with Crippen LogP contribution < -0.4 is 0 Å². The maximum Gasteiger partial charge on any atom is 0.297 e. The zero-order valence-electron chi connectivity index (χ0n) is 13.7. The summed E-state index contributed by atoms with van der Waals surface area (Å²) in [7, 11) is -3.89. The molecule has 8 heteroatoms. The first kappa shape index (κ1) is 16.4. The summed E-state index contributed by atoms with van der Waals surface area (Å²) in [5.41, 5.74) is 0.974. The van der Waals surface area contributed by atoms with Gasteiger partial charge in [0.1, 0.15) is 24.4 Å². The molecule has 0 unspecified atom stereocenters. The molecule has 132 valence electrons. The van der Waals surface area contributed by atoms with Crippen molar-refractivity contribution in [3.63, 3.8) is 0 Å². The summed E-state index contributed by atoms with van der Waals surface area (Å²) in [5, 5.41) is 0. The number of aryl methyl sites for hydroxylation is 1. The van der Waals surface area contributed by atoms with E-state index in [1.807, 2.05) is 6.92 Å². The topological polar surface area (TPSA) is 80.3 Å². The number of hydrogen-bond acceptors (Lipinski definition) is 7. The monoisotopic (exact) mass is 356 g/mol. The van der Waals surface area contributed by atoms with Gasteiger partial charge in [-0.15, -0.1) is 0 Å². The number of rotatable bonds is 3. The molecule has 3 fully saturated rings. The Kier molecular flexibility index (Phi) is 3.76. The van der Waals surface area contributed by atoms with Crippen molar-refractivity contribution in [2.45, 2.75) is 62.2 Å². The van der Waals surface area contributed by atoms with E-state index in [0.717, 1.165) is 5.56 Å². The fourth-order valence-electron chi connectivity index (χ4n) is 3.30. The second-order valence-electron chi connectivity index (χ2n) is 6.77. The normalized spacial score (nSPS) is 37.4. The first-order chi connectivity index (χ1) is 11.3. The van der Waals surface area contributed by atoms with Crippen molar-refractivity contribution in [3.05, 3.63) is 29.8 Å². The van der Waals surface area contributed by atoms with Crippen LogP contribution in [0.5, 0.6) is 0 Å². The van der Waals surface area contributed by atoms with E-state index in [1.165, 1.54) is 12.1 Å². The molecule has 0 aliphatic carbocycles. The fourth-order valence-corrected chi connectivity index (χ4v) is 4.37. The zero-order valence-corrected chi connectivity index (χ0v) is 14.5. The minimum atomic E-state index is -3.89. The van der Waals surface area contributed by atoms with Gasteiger partial charge in [0.2, 0.25) is 0 Å². The van der Waals surface area contributed by atoms with Crippen molar-refractivity contribution >= 4 is 10.1 Å². The standard InChI is InChI=1S/C16H20O7S/c1-9-4-6-10(7-5-9)24(17,18)23-11-8-19-13-12(11)20-15-14(13)21-16(2,3)22-15/h4-7,11-15H,8H2,1-3H3/t11-,12+,13-,14+,15-/m0/s1. The highest BCUT2D eigenvalue weighted by Crippen LogP contribution is 2.43. The van der Waals surface area contributed by atoms with Crippen LogP contribution in [0.4, 0.5) is 0 Å². The van der Waals surface area contributed by atoms with Gasteiger partial charge in [-0.25, -0.2) is 0 Å². The molecule has 3 aliphatic heterocycles. The van der Waals surface area contributed by atoms with Gasteiger partial charge in [-0.2, -0.15) is 8.42 Å². The van der Waals surface area contributed by atoms with Crippen LogP contribution in [-0.2, 0) is 33.2 Å². The van der Waals surface area contributed by atoms with Gasteiger partial charge in [0.25, 0.3) is 10.1 Å². The fraction of sp³-hybridized carbons (Fsp3) is 0.625. The molecular formula is C16H20O7S. The number of hydrogen-bond donors (Lipinski definition) is 0. The smallest absolute Gasteiger partial charge is 0.297 e. The third-order valence-electron chi connectivity index (χ3n) is 4.41. The van der Waals surface area contributed by atoms with E-state index in [0.29, 0.717) is 0 Å². The SMILES string of the molecule is Cc1ccc(S(=O)(=O)O[C@H]2CO[C@@H]3[C@H]4OC(C)(C)O[C@@H]4O[C@@H]32)cc1. The third kappa shape index (κ3) is 2.77. The van der Waals surface area contributed by atoms with Crippen LogP contribution in [0.3, 0.4) is 0 Å². The molecular weight excluding hydrogens is 336 g/mol. The maximum atomic E-state index is 12.4. The Bertz CT molecular complexity index is 727. The van der Waals surface area contributed by atoms with Crippen LogP contribution in [0.25, 0.3) is 0 Å². The highest BCUT2D eigenvalue weighted by Gasteiger charge is 2.60. The Morgan fingerprint density at radius 3 is 2.50 bits per heavy atom. The third-order valence-corrected chi connectivity index (χ3v) is 5.76. The van der Waals surface area contributed by atoms with Gasteiger partial charge in [-0.3, -0.25) is 4.18 Å². The van der Waals surface area contributed by atoms with Gasteiger partial charge in [0.15, 0.2) is 12.1 Å². The van der Waals surface area contributed by atoms with Crippen molar-refractivity contribution < 1.29 is 31.5 Å². The van der Waals surface area contributed by atoms with E-state index in [2.05, 4.69) is 0 Å². The first-order valence-electron chi connectivity index (χ1n) is 7.88. The number of ether oxygens (including phenoxy) is 4. The summed E-state index contributed by atoms with van der Waals surface area (Å²) < 4.78 is 53.2. The molecule has 0 spiro atoms. The molecule has 3 saturated heterocycles. The predicted molar refractivity (Wildman–Crippen MR) is 81.7 cm³/mol. The molecule has 0 radical (unpaired) electrons. The number of fused-ring (bicyclic) bond motifs is 3. The van der Waals surface area contributed by atoms with Crippen LogP contribution in [0.15, 0.2) is 29.2 Å². The van der Waals surface area contributed by atoms with E-state index in [1.54, 1.807) is 26.0 Å². The lowest BCUT2D eigenvalue weighted by atomic mass is 10.1. The highest BCUT2D eigenvalue weighted by atomic mass is 32.2. The molecule has 24 heavy (non-hydrogen) atoms. The summed E-state index contributed by atoms with van der Waals surface area (Å²) in [5.74, 6) is -0.740. The summed E-state index contributed by atoms with van der Waals surface area (Å²) in [6.07, 6.45) is -2.59. The highest BCUT2D eigenvalue weighted by molar-refractivity contribution is 7.86. The predicted octanol–water partition coefficient (Wildman–Crippen LogP) is 1.34. The van der Waals surface area contributed by atoms with Crippen molar-refractivity contribution in [3.8, 4) is 0 Å². The van der Waals surface area contributed by atoms with Gasteiger partial charge in [-0.1, -0.05) is 17.7 Å². The van der Waals surface area contributed by atoms with Crippen LogP contribution in [0.1, 0.15) is 19.4 Å². The molecule has 0 N–H and O–H groups in total. The van der Waals surface area contributed by atoms with Gasteiger partial charge >= 0.3 is 0 Å². The average Bonchev–Trinajstić information content (AvgIpc) is 3.09. The molecule has 0 saturated carbocycles. The lowest BCUT2D eigenvalue weighted by molar-refractivity contribution is -0.213. The van der Waals surface area contributed by atoms with Crippen LogP contribution in [0.2, 0.25) is 0 Å². The zero-order chi connectivity index (χ0) is 17.1. The quantitative estimate of drug-likeness (QED) is 0.756. The second-order valence-corrected chi connectivity index (χ2v) is 8.34. The van der Waals surface area contributed by atoms with E-state index >= 15 is 0 Å². The molecule has 0 bridgehead atoms. The van der Waals surface area contributed by atoms with E-state index in [-0.39, 0.29) is 17.6 Å². The van der Waals surface area contributed by atoms with Crippen LogP contribution in [0, 0.1) is 6.92 Å². The minimum absolute atomic E-state index is 0.114. The summed E-state index contributed by atoms with van der Waals surface area (Å²) >= 11 is 0. The maximum absolute atomic E-state index is 12.4. The first-order valence-corrected chi connectivity index (χ1v) is 9.29. The lowest BCUT2D eigenvalue weighted by Gasteiger charge is -2.22. The van der Waals surface area contributed by atoms with Gasteiger partial charge in [-0.05, 0) is 32.9 Å². The average molecular weight is 356 g/mol. The van der Waals surface area contributed by atoms with E-state index < -0.39 is 40.5 Å². The molecule has 0 aromatic heterocycles. The molecule has 7 nitrogen and oxygen atoms in total. The molecule has 3 aliphatic rings. The molecule has 0 amide bonds. The second kappa shape index (κ2) is 5.48. The molecule has 4 rings (SSSR count). The molecule has 5 atom stereocenters. The summed E-state index contributed by atoms with van der Waals surface area (Å²) in [6.45, 7) is 5.62. The van der Waals surface area contributed by atoms with Gasteiger partial charge in [0, 0.05) is 0 Å². The van der Waals surface area contributed by atoms with Gasteiger partial charge < -0.3 is 18.9 Å². The van der Waals surface area contributed by atoms with Gasteiger partial charge in [0.05, 0.1) is 11.5 Å². The Morgan fingerprint density at radius 1 is 1.08 bits per heavy atom. The summed E-state index contributed by atoms with van der Waals surface area (Å²) in [6, 6.07) is 6.50. The Labute approximate surface area is 140 Å². The number of benzene rings is 1. The summed E-state index contributed by atoms with van der Waals surface area (Å²) in [4.78, 5) is 0.114. The Morgan fingerprint density at radius 2 is 1.79 bits per heavy atom. The molecule has 1 aromatic carbocycles. The van der Waals surface area contributed by atoms with Crippen molar-refractivity contribution in [1.82, 2.24) is 0 Å². The van der Waals surface area contributed by atoms with Crippen molar-refractivity contribution in [2.75, 3.05) is 6.61 Å². The van der Waals surface area contributed by atoms with Crippen LogP contribution >= 0.6 is 0 Å². The van der Waals surface area contributed by atoms with Crippen molar-refractivity contribution in [2.24, 2.45) is 0 Å². The van der Waals surface area contributed by atoms with Crippen LogP contribution in [-0.4, -0.2) is 51.5 Å². The minimum Gasteiger partial charge on any atom is -0.370 e. The van der Waals surface area contributed by atoms with Crippen molar-refractivity contribution in [1.29, 1.82) is 0 Å². The lowest BCUT2D eigenvalue weighted by Crippen LogP contribution is -2.37. The Hall–Kier alpha value is -1.03. The Balaban J connectivity index is 1.49. The molecule has 1 aromatic rings. The molecule has 3 heterocycles. The van der Waals surface area contributed by atoms with E-state index in [4.69, 9.17) is 23.1 Å².